The Balaban J connectivity index is 2.45. The molecule has 0 saturated carbocycles. The predicted molar refractivity (Wildman–Crippen MR) is 163 cm³/mol. The molecule has 0 bridgehead atoms. The van der Waals surface area contributed by atoms with Crippen LogP contribution in [0.15, 0.2) is 30.3 Å². The standard InChI is InChI=1S/C34H55NO6/c1-5-6-7-8-9-10-11-12-13-14-18-21-30(36)25-29(24-27(2)3)33(38)35-31(34(39)40-4)22-23-32(37)41-26-28-19-16-15-17-20-28/h15-17,19-20,27,29,31H,5-14,18,21-26H2,1-4H3,(H,35,38)/t29-,31-/m1/s1. The normalized spacial score (nSPS) is 12.5. The summed E-state index contributed by atoms with van der Waals surface area (Å²) in [5, 5.41) is 2.75. The van der Waals surface area contributed by atoms with Crippen molar-refractivity contribution in [3.63, 3.8) is 0 Å². The lowest BCUT2D eigenvalue weighted by molar-refractivity contribution is -0.148. The molecule has 0 aliphatic heterocycles. The van der Waals surface area contributed by atoms with E-state index in [0.29, 0.717) is 12.8 Å². The van der Waals surface area contributed by atoms with E-state index >= 15 is 0 Å². The summed E-state index contributed by atoms with van der Waals surface area (Å²) in [4.78, 5) is 50.6. The number of hydrogen-bond acceptors (Lipinski definition) is 6. The van der Waals surface area contributed by atoms with Gasteiger partial charge in [-0.05, 0) is 30.7 Å². The van der Waals surface area contributed by atoms with Crippen molar-refractivity contribution in [1.29, 1.82) is 0 Å². The highest BCUT2D eigenvalue weighted by Gasteiger charge is 2.28. The minimum Gasteiger partial charge on any atom is -0.467 e. The number of esters is 2. The van der Waals surface area contributed by atoms with Crippen LogP contribution in [-0.4, -0.2) is 36.8 Å². The van der Waals surface area contributed by atoms with E-state index in [2.05, 4.69) is 12.2 Å². The number of ether oxygens (including phenoxy) is 2. The zero-order valence-electron chi connectivity index (χ0n) is 26.1. The van der Waals surface area contributed by atoms with Crippen molar-refractivity contribution >= 4 is 23.6 Å². The number of nitrogens with one attached hydrogen (secondary N) is 1. The minimum atomic E-state index is -0.979. The molecule has 1 aromatic rings. The smallest absolute Gasteiger partial charge is 0.328 e. The second-order valence-electron chi connectivity index (χ2n) is 11.6. The van der Waals surface area contributed by atoms with Gasteiger partial charge < -0.3 is 14.8 Å². The van der Waals surface area contributed by atoms with E-state index in [1.54, 1.807) is 0 Å². The Labute approximate surface area is 248 Å². The molecule has 7 heteroatoms. The van der Waals surface area contributed by atoms with Crippen molar-refractivity contribution in [3.8, 4) is 0 Å². The maximum atomic E-state index is 13.2. The molecule has 0 unspecified atom stereocenters. The van der Waals surface area contributed by atoms with Crippen LogP contribution in [0.2, 0.25) is 0 Å². The molecule has 7 nitrogen and oxygen atoms in total. The summed E-state index contributed by atoms with van der Waals surface area (Å²) in [6.45, 7) is 6.40. The molecule has 1 rings (SSSR count). The molecule has 0 heterocycles. The number of methoxy groups -OCH3 is 1. The Morgan fingerprint density at radius 2 is 1.39 bits per heavy atom. The van der Waals surface area contributed by atoms with E-state index in [-0.39, 0.29) is 43.5 Å². The van der Waals surface area contributed by atoms with Crippen molar-refractivity contribution in [2.45, 2.75) is 136 Å². The second-order valence-corrected chi connectivity index (χ2v) is 11.6. The van der Waals surface area contributed by atoms with Gasteiger partial charge in [0, 0.05) is 25.2 Å². The summed E-state index contributed by atoms with van der Waals surface area (Å²) in [6, 6.07) is 8.35. The summed E-state index contributed by atoms with van der Waals surface area (Å²) in [6.07, 6.45) is 14.7. The van der Waals surface area contributed by atoms with Crippen LogP contribution < -0.4 is 5.32 Å². The molecule has 1 amide bonds. The van der Waals surface area contributed by atoms with E-state index in [1.165, 1.54) is 58.5 Å². The average Bonchev–Trinajstić information content (AvgIpc) is 2.96. The topological polar surface area (TPSA) is 98.8 Å². The van der Waals surface area contributed by atoms with Gasteiger partial charge in [-0.2, -0.15) is 0 Å². The number of amides is 1. The van der Waals surface area contributed by atoms with Crippen LogP contribution in [0.1, 0.15) is 129 Å². The first kappa shape index (κ1) is 36.3. The molecule has 1 aromatic carbocycles. The Morgan fingerprint density at radius 1 is 0.805 bits per heavy atom. The molecule has 0 aliphatic carbocycles. The Hall–Kier alpha value is -2.70. The molecule has 0 radical (unpaired) electrons. The lowest BCUT2D eigenvalue weighted by atomic mass is 9.90. The highest BCUT2D eigenvalue weighted by molar-refractivity contribution is 5.89. The third kappa shape index (κ3) is 18.4. The SMILES string of the molecule is CCCCCCCCCCCCCC(=O)C[C@@H](CC(C)C)C(=O)N[C@H](CCC(=O)OCc1ccccc1)C(=O)OC. The molecule has 1 N–H and O–H groups in total. The number of hydrogen-bond donors (Lipinski definition) is 1. The summed E-state index contributed by atoms with van der Waals surface area (Å²) >= 11 is 0. The highest BCUT2D eigenvalue weighted by atomic mass is 16.5. The fourth-order valence-electron chi connectivity index (χ4n) is 4.97. The van der Waals surface area contributed by atoms with Crippen molar-refractivity contribution in [1.82, 2.24) is 5.32 Å². The van der Waals surface area contributed by atoms with E-state index in [9.17, 15) is 19.2 Å². The molecular formula is C34H55NO6. The maximum Gasteiger partial charge on any atom is 0.328 e. The summed E-state index contributed by atoms with van der Waals surface area (Å²) in [5.41, 5.74) is 0.869. The maximum absolute atomic E-state index is 13.2. The predicted octanol–water partition coefficient (Wildman–Crippen LogP) is 7.49. The number of rotatable bonds is 24. The van der Waals surface area contributed by atoms with Crippen LogP contribution in [0.3, 0.4) is 0 Å². The van der Waals surface area contributed by atoms with Crippen LogP contribution in [-0.2, 0) is 35.3 Å². The van der Waals surface area contributed by atoms with Gasteiger partial charge >= 0.3 is 11.9 Å². The first-order valence-corrected chi connectivity index (χ1v) is 15.9. The van der Waals surface area contributed by atoms with Gasteiger partial charge in [-0.15, -0.1) is 0 Å². The largest absolute Gasteiger partial charge is 0.467 e. The molecule has 0 aliphatic rings. The molecule has 0 spiro atoms. The van der Waals surface area contributed by atoms with Crippen molar-refractivity contribution < 1.29 is 28.7 Å². The summed E-state index contributed by atoms with van der Waals surface area (Å²) in [5.74, 6) is -1.65. The number of unbranched alkanes of at least 4 members (excludes halogenated alkanes) is 10. The van der Waals surface area contributed by atoms with E-state index in [0.717, 1.165) is 24.8 Å². The first-order valence-electron chi connectivity index (χ1n) is 15.9. The number of benzene rings is 1. The molecule has 2 atom stereocenters. The van der Waals surface area contributed by atoms with Gasteiger partial charge in [0.25, 0.3) is 0 Å². The number of carbonyl (C=O) groups is 4. The van der Waals surface area contributed by atoms with Crippen LogP contribution in [0.5, 0.6) is 0 Å². The summed E-state index contributed by atoms with van der Waals surface area (Å²) in [7, 11) is 1.25. The average molecular weight is 574 g/mol. The Morgan fingerprint density at radius 3 is 1.95 bits per heavy atom. The van der Waals surface area contributed by atoms with Crippen molar-refractivity contribution in [3.05, 3.63) is 35.9 Å². The van der Waals surface area contributed by atoms with E-state index in [1.807, 2.05) is 44.2 Å². The fourth-order valence-corrected chi connectivity index (χ4v) is 4.97. The highest BCUT2D eigenvalue weighted by Crippen LogP contribution is 2.19. The monoisotopic (exact) mass is 573 g/mol. The van der Waals surface area contributed by atoms with Crippen LogP contribution >= 0.6 is 0 Å². The second kappa shape index (κ2) is 22.9. The Kier molecular flexibility index (Phi) is 20.3. The van der Waals surface area contributed by atoms with Crippen LogP contribution in [0.25, 0.3) is 0 Å². The number of ketones is 1. The van der Waals surface area contributed by atoms with Gasteiger partial charge in [0.1, 0.15) is 18.4 Å². The Bertz CT molecular complexity index is 869. The minimum absolute atomic E-state index is 0.0421. The first-order chi connectivity index (χ1) is 19.8. The third-order valence-electron chi connectivity index (χ3n) is 7.34. The van der Waals surface area contributed by atoms with Gasteiger partial charge in [0.2, 0.25) is 5.91 Å². The zero-order chi connectivity index (χ0) is 30.3. The van der Waals surface area contributed by atoms with Crippen molar-refractivity contribution in [2.75, 3.05) is 7.11 Å². The summed E-state index contributed by atoms with van der Waals surface area (Å²) < 4.78 is 10.2. The lowest BCUT2D eigenvalue weighted by Gasteiger charge is -2.22. The van der Waals surface area contributed by atoms with Gasteiger partial charge in [-0.25, -0.2) is 4.79 Å². The van der Waals surface area contributed by atoms with Gasteiger partial charge in [0.15, 0.2) is 0 Å². The lowest BCUT2D eigenvalue weighted by Crippen LogP contribution is -2.45. The molecule has 0 aromatic heterocycles. The quantitative estimate of drug-likeness (QED) is 0.102. The van der Waals surface area contributed by atoms with Gasteiger partial charge in [-0.3, -0.25) is 14.4 Å². The van der Waals surface area contributed by atoms with Crippen LogP contribution in [0.4, 0.5) is 0 Å². The molecule has 0 saturated heterocycles. The van der Waals surface area contributed by atoms with E-state index < -0.39 is 23.9 Å². The fraction of sp³-hybridized carbons (Fsp3) is 0.706. The zero-order valence-corrected chi connectivity index (χ0v) is 26.1. The molecule has 0 fully saturated rings. The van der Waals surface area contributed by atoms with Crippen molar-refractivity contribution in [2.24, 2.45) is 11.8 Å². The molecule has 41 heavy (non-hydrogen) atoms. The molecule has 232 valence electrons. The van der Waals surface area contributed by atoms with Gasteiger partial charge in [-0.1, -0.05) is 115 Å². The van der Waals surface area contributed by atoms with Crippen LogP contribution in [0, 0.1) is 11.8 Å². The number of carbonyl (C=O) groups excluding carboxylic acids is 4. The third-order valence-corrected chi connectivity index (χ3v) is 7.34. The number of Topliss-reactive ketones (excluding diaryl/α,β-unsaturated/α-hetero) is 1. The molecular weight excluding hydrogens is 518 g/mol. The van der Waals surface area contributed by atoms with Gasteiger partial charge in [0.05, 0.1) is 7.11 Å². The van der Waals surface area contributed by atoms with E-state index in [4.69, 9.17) is 9.47 Å².